The van der Waals surface area contributed by atoms with E-state index in [4.69, 9.17) is 11.6 Å². The van der Waals surface area contributed by atoms with E-state index in [9.17, 15) is 9.90 Å². The molecule has 0 bridgehead atoms. The minimum absolute atomic E-state index is 0.0355. The molecule has 5 nitrogen and oxygen atoms in total. The number of hydrogen-bond acceptors (Lipinski definition) is 4. The van der Waals surface area contributed by atoms with Crippen LogP contribution < -0.4 is 10.9 Å². The maximum Gasteiger partial charge on any atom is 0.255 e. The zero-order valence-corrected chi connectivity index (χ0v) is 18.6. The Bertz CT molecular complexity index is 1040. The third kappa shape index (κ3) is 6.14. The van der Waals surface area contributed by atoms with Crippen LogP contribution in [0.3, 0.4) is 0 Å². The van der Waals surface area contributed by atoms with Crippen molar-refractivity contribution in [1.29, 1.82) is 0 Å². The quantitative estimate of drug-likeness (QED) is 0.527. The van der Waals surface area contributed by atoms with Crippen molar-refractivity contribution < 1.29 is 5.11 Å². The van der Waals surface area contributed by atoms with Gasteiger partial charge in [0.1, 0.15) is 0 Å². The molecule has 0 aliphatic rings. The summed E-state index contributed by atoms with van der Waals surface area (Å²) in [4.78, 5) is 17.6. The first-order valence-electron chi connectivity index (χ1n) is 10.4. The van der Waals surface area contributed by atoms with Gasteiger partial charge in [-0.1, -0.05) is 23.7 Å². The summed E-state index contributed by atoms with van der Waals surface area (Å²) >= 11 is 6.21. The van der Waals surface area contributed by atoms with Crippen LogP contribution in [0.2, 0.25) is 5.02 Å². The van der Waals surface area contributed by atoms with E-state index in [0.29, 0.717) is 18.1 Å². The predicted octanol–water partition coefficient (Wildman–Crippen LogP) is 4.52. The number of nitrogens with zero attached hydrogens (tertiary/aromatic N) is 2. The second kappa shape index (κ2) is 9.73. The van der Waals surface area contributed by atoms with Crippen molar-refractivity contribution in [2.45, 2.75) is 64.8 Å². The van der Waals surface area contributed by atoms with Crippen LogP contribution in [0.15, 0.2) is 53.5 Å². The van der Waals surface area contributed by atoms with Gasteiger partial charge in [-0.2, -0.15) is 0 Å². The van der Waals surface area contributed by atoms with Gasteiger partial charge in [-0.3, -0.25) is 9.78 Å². The molecule has 0 saturated heterocycles. The zero-order chi connectivity index (χ0) is 21.7. The van der Waals surface area contributed by atoms with Crippen molar-refractivity contribution in [1.82, 2.24) is 14.9 Å². The number of pyridine rings is 2. The van der Waals surface area contributed by atoms with Gasteiger partial charge in [-0.05, 0) is 75.8 Å². The molecule has 2 N–H and O–H groups in total. The molecule has 30 heavy (non-hydrogen) atoms. The van der Waals surface area contributed by atoms with Crippen molar-refractivity contribution in [2.24, 2.45) is 0 Å². The van der Waals surface area contributed by atoms with Crippen LogP contribution in [0.1, 0.15) is 51.3 Å². The molecule has 0 aliphatic heterocycles. The van der Waals surface area contributed by atoms with Gasteiger partial charge in [0.05, 0.1) is 23.4 Å². The van der Waals surface area contributed by atoms with Gasteiger partial charge < -0.3 is 15.0 Å². The lowest BCUT2D eigenvalue weighted by molar-refractivity contribution is 0.0675. The average molecular weight is 428 g/mol. The highest BCUT2D eigenvalue weighted by Gasteiger charge is 2.14. The van der Waals surface area contributed by atoms with Crippen molar-refractivity contribution >= 4 is 22.5 Å². The van der Waals surface area contributed by atoms with E-state index in [2.05, 4.69) is 17.2 Å². The van der Waals surface area contributed by atoms with Gasteiger partial charge in [0.25, 0.3) is 5.56 Å². The van der Waals surface area contributed by atoms with E-state index < -0.39 is 5.60 Å². The highest BCUT2D eigenvalue weighted by Crippen LogP contribution is 2.20. The molecule has 6 heteroatoms. The van der Waals surface area contributed by atoms with Gasteiger partial charge in [-0.15, -0.1) is 0 Å². The molecule has 0 aliphatic carbocycles. The molecule has 2 heterocycles. The van der Waals surface area contributed by atoms with Gasteiger partial charge in [0.2, 0.25) is 0 Å². The minimum Gasteiger partial charge on any atom is -0.390 e. The third-order valence-corrected chi connectivity index (χ3v) is 5.48. The Morgan fingerprint density at radius 2 is 2.03 bits per heavy atom. The van der Waals surface area contributed by atoms with Crippen LogP contribution in [0, 0.1) is 0 Å². The second-order valence-corrected chi connectivity index (χ2v) is 9.01. The van der Waals surface area contributed by atoms with E-state index in [-0.39, 0.29) is 11.6 Å². The lowest BCUT2D eigenvalue weighted by atomic mass is 10.00. The van der Waals surface area contributed by atoms with Crippen LogP contribution in [0.5, 0.6) is 0 Å². The maximum absolute atomic E-state index is 13.3. The number of fused-ring (bicyclic) bond motifs is 1. The summed E-state index contributed by atoms with van der Waals surface area (Å²) in [6, 6.07) is 13.5. The van der Waals surface area contributed by atoms with Crippen LogP contribution >= 0.6 is 11.6 Å². The van der Waals surface area contributed by atoms with Crippen LogP contribution in [-0.2, 0) is 13.1 Å². The molecule has 1 unspecified atom stereocenters. The normalized spacial score (nSPS) is 13.0. The maximum atomic E-state index is 13.3. The number of nitrogens with one attached hydrogen (secondary N) is 1. The minimum atomic E-state index is -0.640. The molecule has 2 aromatic heterocycles. The fourth-order valence-corrected chi connectivity index (χ4v) is 3.74. The van der Waals surface area contributed by atoms with Gasteiger partial charge in [0, 0.05) is 29.4 Å². The van der Waals surface area contributed by atoms with Crippen molar-refractivity contribution in [3.63, 3.8) is 0 Å². The molecule has 3 aromatic rings. The molecule has 0 fully saturated rings. The number of hydrogen-bond donors (Lipinski definition) is 2. The molecule has 160 valence electrons. The molecule has 1 atom stereocenters. The summed E-state index contributed by atoms with van der Waals surface area (Å²) in [7, 11) is 0. The Balaban J connectivity index is 1.82. The number of aliphatic hydroxyl groups is 1. The SMILES string of the molecule is CC(CCCC(C)(C)O)NCc1cc2ccc(Cl)cc2n(Cc2ccccn2)c1=O. The molecule has 0 saturated carbocycles. The number of halogens is 1. The van der Waals surface area contributed by atoms with E-state index in [0.717, 1.165) is 41.4 Å². The average Bonchev–Trinajstić information content (AvgIpc) is 2.69. The highest BCUT2D eigenvalue weighted by atomic mass is 35.5. The topological polar surface area (TPSA) is 67.2 Å². The Hall–Kier alpha value is -2.21. The molecular weight excluding hydrogens is 398 g/mol. The van der Waals surface area contributed by atoms with Gasteiger partial charge >= 0.3 is 0 Å². The van der Waals surface area contributed by atoms with Crippen LogP contribution in [-0.4, -0.2) is 26.3 Å². The summed E-state index contributed by atoms with van der Waals surface area (Å²) in [5.41, 5.74) is 1.67. The largest absolute Gasteiger partial charge is 0.390 e. The summed E-state index contributed by atoms with van der Waals surface area (Å²) in [5.74, 6) is 0. The smallest absolute Gasteiger partial charge is 0.255 e. The first-order chi connectivity index (χ1) is 14.2. The van der Waals surface area contributed by atoms with E-state index in [1.165, 1.54) is 0 Å². The lowest BCUT2D eigenvalue weighted by Gasteiger charge is -2.19. The Morgan fingerprint density at radius 3 is 2.73 bits per heavy atom. The van der Waals surface area contributed by atoms with E-state index in [1.807, 2.05) is 56.3 Å². The standard InChI is InChI=1S/C24H30ClN3O2/c1-17(7-6-11-24(2,3)30)27-15-19-13-18-9-10-20(25)14-22(18)28(23(19)29)16-21-8-4-5-12-26-21/h4-5,8-10,12-14,17,27,30H,6-7,11,15-16H2,1-3H3. The first-order valence-corrected chi connectivity index (χ1v) is 10.8. The number of benzene rings is 1. The van der Waals surface area contributed by atoms with Crippen molar-refractivity contribution in [3.8, 4) is 0 Å². The molecule has 3 rings (SSSR count). The van der Waals surface area contributed by atoms with Gasteiger partial charge in [-0.25, -0.2) is 0 Å². The number of rotatable bonds is 9. The summed E-state index contributed by atoms with van der Waals surface area (Å²) in [6.07, 6.45) is 4.36. The van der Waals surface area contributed by atoms with E-state index in [1.54, 1.807) is 10.8 Å². The second-order valence-electron chi connectivity index (χ2n) is 8.57. The summed E-state index contributed by atoms with van der Waals surface area (Å²) in [5, 5.41) is 14.9. The molecule has 0 radical (unpaired) electrons. The monoisotopic (exact) mass is 427 g/mol. The van der Waals surface area contributed by atoms with Crippen molar-refractivity contribution in [2.75, 3.05) is 0 Å². The molecular formula is C24H30ClN3O2. The lowest BCUT2D eigenvalue weighted by Crippen LogP contribution is -2.32. The Kier molecular flexibility index (Phi) is 7.29. The zero-order valence-electron chi connectivity index (χ0n) is 17.9. The summed E-state index contributed by atoms with van der Waals surface area (Å²) in [6.45, 7) is 6.65. The third-order valence-electron chi connectivity index (χ3n) is 5.25. The van der Waals surface area contributed by atoms with Crippen LogP contribution in [0.4, 0.5) is 0 Å². The summed E-state index contributed by atoms with van der Waals surface area (Å²) < 4.78 is 1.75. The molecule has 0 amide bonds. The molecule has 1 aromatic carbocycles. The Morgan fingerprint density at radius 1 is 1.23 bits per heavy atom. The Labute approximate surface area is 182 Å². The highest BCUT2D eigenvalue weighted by molar-refractivity contribution is 6.31. The number of aromatic nitrogens is 2. The fourth-order valence-electron chi connectivity index (χ4n) is 3.57. The fraction of sp³-hybridized carbons (Fsp3) is 0.417. The van der Waals surface area contributed by atoms with Crippen molar-refractivity contribution in [3.05, 3.63) is 75.3 Å². The van der Waals surface area contributed by atoms with Crippen LogP contribution in [0.25, 0.3) is 10.9 Å². The van der Waals surface area contributed by atoms with E-state index >= 15 is 0 Å². The van der Waals surface area contributed by atoms with Gasteiger partial charge in [0.15, 0.2) is 0 Å². The first kappa shape index (κ1) is 22.5. The molecule has 0 spiro atoms. The predicted molar refractivity (Wildman–Crippen MR) is 123 cm³/mol.